The third kappa shape index (κ3) is 3.29. The standard InChI is InChI=1S/C14H15NO2/c1-11-4-6-12(7-5-11)14(16)10-15-9-13-3-2-8-17-13/h2-8,15H,9-10H2,1H3. The van der Waals surface area contributed by atoms with Crippen LogP contribution >= 0.6 is 0 Å². The molecule has 88 valence electrons. The fourth-order valence-electron chi connectivity index (χ4n) is 1.55. The summed E-state index contributed by atoms with van der Waals surface area (Å²) in [6.45, 7) is 2.90. The second-order valence-electron chi connectivity index (χ2n) is 3.97. The molecule has 3 nitrogen and oxygen atoms in total. The van der Waals surface area contributed by atoms with Crippen LogP contribution in [0.1, 0.15) is 21.7 Å². The summed E-state index contributed by atoms with van der Waals surface area (Å²) in [6, 6.07) is 11.3. The van der Waals surface area contributed by atoms with Gasteiger partial charge in [0.2, 0.25) is 0 Å². The number of carbonyl (C=O) groups is 1. The number of ketones is 1. The van der Waals surface area contributed by atoms with Crippen molar-refractivity contribution in [3.63, 3.8) is 0 Å². The van der Waals surface area contributed by atoms with Crippen LogP contribution in [-0.4, -0.2) is 12.3 Å². The summed E-state index contributed by atoms with van der Waals surface area (Å²) in [4.78, 5) is 11.8. The SMILES string of the molecule is Cc1ccc(C(=O)CNCc2ccco2)cc1. The molecule has 1 N–H and O–H groups in total. The highest BCUT2D eigenvalue weighted by atomic mass is 16.3. The van der Waals surface area contributed by atoms with E-state index in [1.807, 2.05) is 43.3 Å². The first-order valence-corrected chi connectivity index (χ1v) is 5.58. The Morgan fingerprint density at radius 2 is 2.00 bits per heavy atom. The summed E-state index contributed by atoms with van der Waals surface area (Å²) in [5.41, 5.74) is 1.90. The molecule has 0 bridgehead atoms. The van der Waals surface area contributed by atoms with E-state index < -0.39 is 0 Å². The number of carbonyl (C=O) groups excluding carboxylic acids is 1. The van der Waals surface area contributed by atoms with Crippen molar-refractivity contribution in [2.45, 2.75) is 13.5 Å². The van der Waals surface area contributed by atoms with Gasteiger partial charge in [0.15, 0.2) is 5.78 Å². The van der Waals surface area contributed by atoms with Gasteiger partial charge in [0.25, 0.3) is 0 Å². The van der Waals surface area contributed by atoms with Gasteiger partial charge in [-0.15, -0.1) is 0 Å². The molecule has 0 spiro atoms. The van der Waals surface area contributed by atoms with Gasteiger partial charge < -0.3 is 9.73 Å². The number of nitrogens with one attached hydrogen (secondary N) is 1. The Kier molecular flexibility index (Phi) is 3.73. The van der Waals surface area contributed by atoms with E-state index in [1.54, 1.807) is 6.26 Å². The Labute approximate surface area is 100 Å². The average Bonchev–Trinajstić information content (AvgIpc) is 2.83. The van der Waals surface area contributed by atoms with Crippen LogP contribution < -0.4 is 5.32 Å². The smallest absolute Gasteiger partial charge is 0.176 e. The number of furan rings is 1. The van der Waals surface area contributed by atoms with Crippen LogP contribution in [0.5, 0.6) is 0 Å². The van der Waals surface area contributed by atoms with Crippen LogP contribution in [0.3, 0.4) is 0 Å². The zero-order valence-corrected chi connectivity index (χ0v) is 9.77. The highest BCUT2D eigenvalue weighted by Crippen LogP contribution is 2.04. The number of benzene rings is 1. The molecule has 0 unspecified atom stereocenters. The molecule has 0 amide bonds. The highest BCUT2D eigenvalue weighted by molar-refractivity contribution is 5.97. The van der Waals surface area contributed by atoms with Crippen molar-refractivity contribution in [3.8, 4) is 0 Å². The molecule has 1 heterocycles. The van der Waals surface area contributed by atoms with Gasteiger partial charge in [0.05, 0.1) is 19.4 Å². The van der Waals surface area contributed by atoms with E-state index in [0.29, 0.717) is 13.1 Å². The Balaban J connectivity index is 1.83. The molecule has 1 aromatic carbocycles. The minimum atomic E-state index is 0.0940. The lowest BCUT2D eigenvalue weighted by Crippen LogP contribution is -2.22. The van der Waals surface area contributed by atoms with Gasteiger partial charge in [-0.2, -0.15) is 0 Å². The molecule has 0 aliphatic heterocycles. The maximum atomic E-state index is 11.8. The fraction of sp³-hybridized carbons (Fsp3) is 0.214. The van der Waals surface area contributed by atoms with Gasteiger partial charge in [-0.3, -0.25) is 4.79 Å². The van der Waals surface area contributed by atoms with Crippen molar-refractivity contribution in [1.29, 1.82) is 0 Å². The maximum Gasteiger partial charge on any atom is 0.176 e. The molecule has 3 heteroatoms. The van der Waals surface area contributed by atoms with Crippen molar-refractivity contribution < 1.29 is 9.21 Å². The van der Waals surface area contributed by atoms with Gasteiger partial charge >= 0.3 is 0 Å². The van der Waals surface area contributed by atoms with Crippen LogP contribution in [0.4, 0.5) is 0 Å². The van der Waals surface area contributed by atoms with Crippen molar-refractivity contribution in [3.05, 3.63) is 59.5 Å². The molecule has 0 aliphatic rings. The lowest BCUT2D eigenvalue weighted by molar-refractivity contribution is 0.0990. The molecule has 0 aliphatic carbocycles. The summed E-state index contributed by atoms with van der Waals surface area (Å²) < 4.78 is 5.16. The average molecular weight is 229 g/mol. The predicted octanol–water partition coefficient (Wildman–Crippen LogP) is 2.56. The molecule has 0 saturated carbocycles. The quantitative estimate of drug-likeness (QED) is 0.801. The monoisotopic (exact) mass is 229 g/mol. The van der Waals surface area contributed by atoms with E-state index in [1.165, 1.54) is 0 Å². The summed E-state index contributed by atoms with van der Waals surface area (Å²) in [7, 11) is 0. The van der Waals surface area contributed by atoms with Crippen molar-refractivity contribution >= 4 is 5.78 Å². The Morgan fingerprint density at radius 1 is 1.24 bits per heavy atom. The molecule has 0 radical (unpaired) electrons. The van der Waals surface area contributed by atoms with Crippen molar-refractivity contribution in [1.82, 2.24) is 5.32 Å². The first-order valence-electron chi connectivity index (χ1n) is 5.58. The number of hydrogen-bond donors (Lipinski definition) is 1. The molecule has 0 atom stereocenters. The summed E-state index contributed by atoms with van der Waals surface area (Å²) >= 11 is 0. The summed E-state index contributed by atoms with van der Waals surface area (Å²) in [6.07, 6.45) is 1.62. The van der Waals surface area contributed by atoms with Crippen LogP contribution in [-0.2, 0) is 6.54 Å². The predicted molar refractivity (Wildman–Crippen MR) is 65.9 cm³/mol. The number of hydrogen-bond acceptors (Lipinski definition) is 3. The van der Waals surface area contributed by atoms with Crippen molar-refractivity contribution in [2.24, 2.45) is 0 Å². The zero-order chi connectivity index (χ0) is 12.1. The number of aryl methyl sites for hydroxylation is 1. The van der Waals surface area contributed by atoms with Gasteiger partial charge in [0.1, 0.15) is 5.76 Å². The normalized spacial score (nSPS) is 10.4. The van der Waals surface area contributed by atoms with E-state index in [-0.39, 0.29) is 5.78 Å². The van der Waals surface area contributed by atoms with E-state index >= 15 is 0 Å². The second kappa shape index (κ2) is 5.46. The van der Waals surface area contributed by atoms with E-state index in [0.717, 1.165) is 16.9 Å². The Morgan fingerprint density at radius 3 is 2.65 bits per heavy atom. The van der Waals surface area contributed by atoms with Crippen LogP contribution in [0.25, 0.3) is 0 Å². The maximum absolute atomic E-state index is 11.8. The minimum absolute atomic E-state index is 0.0940. The first kappa shape index (κ1) is 11.6. The van der Waals surface area contributed by atoms with Gasteiger partial charge in [-0.05, 0) is 19.1 Å². The number of rotatable bonds is 5. The van der Waals surface area contributed by atoms with Crippen LogP contribution in [0, 0.1) is 6.92 Å². The summed E-state index contributed by atoms with van der Waals surface area (Å²) in [5.74, 6) is 0.929. The van der Waals surface area contributed by atoms with Crippen LogP contribution in [0.2, 0.25) is 0 Å². The Hall–Kier alpha value is -1.87. The lowest BCUT2D eigenvalue weighted by Gasteiger charge is -2.03. The van der Waals surface area contributed by atoms with E-state index in [4.69, 9.17) is 4.42 Å². The lowest BCUT2D eigenvalue weighted by atomic mass is 10.1. The number of Topliss-reactive ketones (excluding diaryl/α,β-unsaturated/α-hetero) is 1. The molecule has 2 aromatic rings. The zero-order valence-electron chi connectivity index (χ0n) is 9.77. The van der Waals surface area contributed by atoms with E-state index in [9.17, 15) is 4.79 Å². The first-order chi connectivity index (χ1) is 8.25. The highest BCUT2D eigenvalue weighted by Gasteiger charge is 2.05. The molecule has 0 saturated heterocycles. The van der Waals surface area contributed by atoms with Gasteiger partial charge in [-0.25, -0.2) is 0 Å². The van der Waals surface area contributed by atoms with Gasteiger partial charge in [0, 0.05) is 5.56 Å². The molecule has 2 rings (SSSR count). The molecule has 1 aromatic heterocycles. The second-order valence-corrected chi connectivity index (χ2v) is 3.97. The van der Waals surface area contributed by atoms with E-state index in [2.05, 4.69) is 5.32 Å². The molecular weight excluding hydrogens is 214 g/mol. The molecular formula is C14H15NO2. The molecule has 17 heavy (non-hydrogen) atoms. The summed E-state index contributed by atoms with van der Waals surface area (Å²) in [5, 5.41) is 3.06. The fourth-order valence-corrected chi connectivity index (χ4v) is 1.55. The van der Waals surface area contributed by atoms with Crippen molar-refractivity contribution in [2.75, 3.05) is 6.54 Å². The minimum Gasteiger partial charge on any atom is -0.468 e. The third-order valence-electron chi connectivity index (χ3n) is 2.54. The largest absolute Gasteiger partial charge is 0.468 e. The third-order valence-corrected chi connectivity index (χ3v) is 2.54. The molecule has 0 fully saturated rings. The Bertz CT molecular complexity index is 471. The van der Waals surface area contributed by atoms with Crippen LogP contribution in [0.15, 0.2) is 47.1 Å². The van der Waals surface area contributed by atoms with Gasteiger partial charge in [-0.1, -0.05) is 29.8 Å². The topological polar surface area (TPSA) is 42.2 Å².